The normalized spacial score (nSPS) is 15.5. The quantitative estimate of drug-likeness (QED) is 0.607. The highest BCUT2D eigenvalue weighted by atomic mass is 32.1. The molecule has 9 heteroatoms. The first-order valence-electron chi connectivity index (χ1n) is 10.3. The Morgan fingerprint density at radius 1 is 1.20 bits per heavy atom. The number of carbonyl (C=O) groups excluding carboxylic acids is 1. The van der Waals surface area contributed by atoms with E-state index in [-0.39, 0.29) is 5.91 Å². The monoisotopic (exact) mass is 433 g/mol. The molecule has 1 fully saturated rings. The van der Waals surface area contributed by atoms with E-state index in [2.05, 4.69) is 34.1 Å². The highest BCUT2D eigenvalue weighted by Gasteiger charge is 2.20. The van der Waals surface area contributed by atoms with Crippen LogP contribution in [0.25, 0.3) is 0 Å². The van der Waals surface area contributed by atoms with Gasteiger partial charge in [0.1, 0.15) is 5.75 Å². The predicted octanol–water partition coefficient (Wildman–Crippen LogP) is 2.15. The van der Waals surface area contributed by atoms with Crippen molar-refractivity contribution < 1.29 is 13.9 Å². The van der Waals surface area contributed by atoms with Gasteiger partial charge in [0.05, 0.1) is 26.7 Å². The number of aromatic nitrogens is 2. The van der Waals surface area contributed by atoms with Gasteiger partial charge in [0.15, 0.2) is 0 Å². The zero-order valence-corrected chi connectivity index (χ0v) is 18.8. The highest BCUT2D eigenvalue weighted by molar-refractivity contribution is 7.71. The lowest BCUT2D eigenvalue weighted by Crippen LogP contribution is -2.50. The molecule has 0 saturated carbocycles. The van der Waals surface area contributed by atoms with E-state index in [1.807, 2.05) is 24.3 Å². The van der Waals surface area contributed by atoms with Crippen molar-refractivity contribution in [2.24, 2.45) is 5.92 Å². The Kier molecular flexibility index (Phi) is 8.01. The number of rotatable bonds is 9. The summed E-state index contributed by atoms with van der Waals surface area (Å²) in [4.78, 5) is 16.9. The first-order valence-corrected chi connectivity index (χ1v) is 10.7. The summed E-state index contributed by atoms with van der Waals surface area (Å²) in [6.45, 7) is 9.38. The maximum atomic E-state index is 12.0. The van der Waals surface area contributed by atoms with Crippen molar-refractivity contribution in [1.82, 2.24) is 24.9 Å². The van der Waals surface area contributed by atoms with Gasteiger partial charge in [0.25, 0.3) is 4.84 Å². The maximum Gasteiger partial charge on any atom is 0.288 e. The number of amides is 1. The number of benzene rings is 1. The third-order valence-corrected chi connectivity index (χ3v) is 5.33. The minimum atomic E-state index is 0.0963. The molecule has 0 spiro atoms. The van der Waals surface area contributed by atoms with Gasteiger partial charge in [-0.05, 0) is 35.8 Å². The molecule has 8 nitrogen and oxygen atoms in total. The molecule has 164 valence electrons. The molecule has 1 aromatic carbocycles. The van der Waals surface area contributed by atoms with Crippen molar-refractivity contribution in [3.63, 3.8) is 0 Å². The second-order valence-corrected chi connectivity index (χ2v) is 8.37. The number of carbonyl (C=O) groups is 1. The molecule has 1 N–H and O–H groups in total. The smallest absolute Gasteiger partial charge is 0.288 e. The summed E-state index contributed by atoms with van der Waals surface area (Å²) in [5, 5.41) is 7.52. The third kappa shape index (κ3) is 6.65. The van der Waals surface area contributed by atoms with Crippen molar-refractivity contribution in [1.29, 1.82) is 0 Å². The minimum absolute atomic E-state index is 0.0963. The van der Waals surface area contributed by atoms with E-state index in [0.717, 1.165) is 44.0 Å². The lowest BCUT2D eigenvalue weighted by Gasteiger charge is -2.33. The molecule has 1 aromatic heterocycles. The van der Waals surface area contributed by atoms with E-state index in [1.54, 1.807) is 11.8 Å². The van der Waals surface area contributed by atoms with Gasteiger partial charge in [-0.2, -0.15) is 0 Å². The molecular weight excluding hydrogens is 402 g/mol. The van der Waals surface area contributed by atoms with Crippen LogP contribution in [0.1, 0.15) is 25.3 Å². The molecular formula is C21H31N5O3S. The maximum absolute atomic E-state index is 12.0. The molecule has 2 aromatic rings. The fraction of sp³-hybridized carbons (Fsp3) is 0.571. The fourth-order valence-corrected chi connectivity index (χ4v) is 3.48. The Bertz CT molecular complexity index is 870. The highest BCUT2D eigenvalue weighted by Crippen LogP contribution is 2.15. The molecule has 1 amide bonds. The van der Waals surface area contributed by atoms with Crippen LogP contribution in [0.3, 0.4) is 0 Å². The summed E-state index contributed by atoms with van der Waals surface area (Å²) in [6, 6.07) is 7.83. The zero-order valence-electron chi connectivity index (χ0n) is 18.0. The van der Waals surface area contributed by atoms with Crippen LogP contribution >= 0.6 is 12.2 Å². The van der Waals surface area contributed by atoms with Crippen molar-refractivity contribution in [3.8, 4) is 5.75 Å². The van der Waals surface area contributed by atoms with Gasteiger partial charge in [0.2, 0.25) is 11.8 Å². The van der Waals surface area contributed by atoms with E-state index in [4.69, 9.17) is 21.4 Å². The predicted molar refractivity (Wildman–Crippen MR) is 117 cm³/mol. The van der Waals surface area contributed by atoms with E-state index in [0.29, 0.717) is 36.3 Å². The molecule has 1 aliphatic heterocycles. The number of nitrogens with zero attached hydrogens (tertiary/aromatic N) is 4. The van der Waals surface area contributed by atoms with Gasteiger partial charge in [-0.3, -0.25) is 14.6 Å². The summed E-state index contributed by atoms with van der Waals surface area (Å²) in [5.74, 6) is 1.99. The summed E-state index contributed by atoms with van der Waals surface area (Å²) in [7, 11) is 1.65. The first kappa shape index (κ1) is 22.5. The van der Waals surface area contributed by atoms with Gasteiger partial charge in [-0.15, -0.1) is 5.10 Å². The number of ether oxygens (including phenoxy) is 1. The number of piperazine rings is 1. The van der Waals surface area contributed by atoms with E-state index in [1.165, 1.54) is 0 Å². The van der Waals surface area contributed by atoms with Crippen LogP contribution in [0.15, 0.2) is 28.7 Å². The Labute approximate surface area is 182 Å². The van der Waals surface area contributed by atoms with Crippen molar-refractivity contribution in [2.45, 2.75) is 26.9 Å². The number of hydrogen-bond acceptors (Lipinski definition) is 7. The second kappa shape index (κ2) is 10.7. The van der Waals surface area contributed by atoms with Crippen LogP contribution in [-0.2, 0) is 17.9 Å². The molecule has 1 aliphatic rings. The third-order valence-electron chi connectivity index (χ3n) is 5.04. The Morgan fingerprint density at radius 2 is 1.87 bits per heavy atom. The van der Waals surface area contributed by atoms with Gasteiger partial charge in [-0.25, -0.2) is 4.68 Å². The minimum Gasteiger partial charge on any atom is -0.497 e. The Balaban J connectivity index is 1.47. The van der Waals surface area contributed by atoms with Gasteiger partial charge < -0.3 is 14.5 Å². The SMILES string of the molecule is COc1ccc(Cc2nn(CN3CCN(CC(=O)NCC(C)C)CC3)c(=S)o2)cc1. The molecule has 0 aliphatic carbocycles. The molecule has 0 atom stereocenters. The zero-order chi connectivity index (χ0) is 21.5. The van der Waals surface area contributed by atoms with Crippen molar-refractivity contribution >= 4 is 18.1 Å². The van der Waals surface area contributed by atoms with Crippen LogP contribution in [0.2, 0.25) is 0 Å². The fourth-order valence-electron chi connectivity index (χ4n) is 3.28. The first-order chi connectivity index (χ1) is 14.4. The average Bonchev–Trinajstić information content (AvgIpc) is 3.07. The van der Waals surface area contributed by atoms with Gasteiger partial charge >= 0.3 is 0 Å². The van der Waals surface area contributed by atoms with E-state index < -0.39 is 0 Å². The Morgan fingerprint density at radius 3 is 2.50 bits per heavy atom. The summed E-state index contributed by atoms with van der Waals surface area (Å²) in [5.41, 5.74) is 1.09. The summed E-state index contributed by atoms with van der Waals surface area (Å²) < 4.78 is 12.6. The number of hydrogen-bond donors (Lipinski definition) is 1. The topological polar surface area (TPSA) is 75.8 Å². The average molecular weight is 434 g/mol. The van der Waals surface area contributed by atoms with Crippen molar-refractivity contribution in [2.75, 3.05) is 46.4 Å². The largest absolute Gasteiger partial charge is 0.497 e. The van der Waals surface area contributed by atoms with Crippen LogP contribution in [-0.4, -0.2) is 71.9 Å². The lowest BCUT2D eigenvalue weighted by atomic mass is 10.1. The molecule has 0 bridgehead atoms. The molecule has 1 saturated heterocycles. The van der Waals surface area contributed by atoms with Crippen LogP contribution in [0, 0.1) is 10.8 Å². The summed E-state index contributed by atoms with van der Waals surface area (Å²) in [6.07, 6.45) is 0.583. The lowest BCUT2D eigenvalue weighted by molar-refractivity contribution is -0.122. The number of methoxy groups -OCH3 is 1. The molecule has 0 radical (unpaired) electrons. The van der Waals surface area contributed by atoms with E-state index in [9.17, 15) is 4.79 Å². The number of nitrogens with one attached hydrogen (secondary N) is 1. The summed E-state index contributed by atoms with van der Waals surface area (Å²) >= 11 is 5.35. The standard InChI is InChI=1S/C21H31N5O3S/c1-16(2)13-22-19(27)14-24-8-10-25(11-9-24)15-26-21(30)29-20(23-26)12-17-4-6-18(28-3)7-5-17/h4-7,16H,8-15H2,1-3H3,(H,22,27). The molecule has 0 unspecified atom stereocenters. The van der Waals surface area contributed by atoms with Gasteiger partial charge in [0, 0.05) is 32.7 Å². The van der Waals surface area contributed by atoms with Crippen molar-refractivity contribution in [3.05, 3.63) is 40.6 Å². The van der Waals surface area contributed by atoms with E-state index >= 15 is 0 Å². The van der Waals surface area contributed by atoms with Crippen LogP contribution in [0.5, 0.6) is 5.75 Å². The van der Waals surface area contributed by atoms with Crippen LogP contribution in [0.4, 0.5) is 0 Å². The molecule has 30 heavy (non-hydrogen) atoms. The van der Waals surface area contributed by atoms with Gasteiger partial charge in [-0.1, -0.05) is 26.0 Å². The molecule has 3 rings (SSSR count). The second-order valence-electron chi connectivity index (χ2n) is 8.02. The Hall–Kier alpha value is -2.23. The molecule has 2 heterocycles. The van der Waals surface area contributed by atoms with Crippen LogP contribution < -0.4 is 10.1 Å².